The van der Waals surface area contributed by atoms with Gasteiger partial charge in [0, 0.05) is 43.8 Å². The summed E-state index contributed by atoms with van der Waals surface area (Å²) in [4.78, 5) is 28.6. The summed E-state index contributed by atoms with van der Waals surface area (Å²) >= 11 is 6.15. The van der Waals surface area contributed by atoms with Crippen molar-refractivity contribution in [2.75, 3.05) is 26.7 Å². The number of rotatable bonds is 7. The number of carbonyl (C=O) groups excluding carboxylic acids is 2. The van der Waals surface area contributed by atoms with E-state index in [0.717, 1.165) is 12.0 Å². The number of nitrogens with one attached hydrogen (secondary N) is 1. The molecule has 0 spiro atoms. The molecule has 3 rings (SSSR count). The maximum atomic E-state index is 14.2. The summed E-state index contributed by atoms with van der Waals surface area (Å²) in [6.45, 7) is 1.74. The molecule has 0 saturated carbocycles. The highest BCUT2D eigenvalue weighted by molar-refractivity contribution is 6.31. The van der Waals surface area contributed by atoms with Gasteiger partial charge in [0.15, 0.2) is 0 Å². The molecule has 2 aromatic carbocycles. The topological polar surface area (TPSA) is 52.7 Å². The molecule has 0 aromatic heterocycles. The van der Waals surface area contributed by atoms with Crippen LogP contribution in [0.25, 0.3) is 0 Å². The standard InChI is InChI=1S/C22H25ClFN3O2/c1-26(12-10-16-6-3-2-4-7-16)21(28)14-20-22(29)25-11-13-27(20)15-17-18(23)8-5-9-19(17)24/h2-9,20H,10-15H2,1H3,(H,25,29). The number of halogens is 2. The van der Waals surface area contributed by atoms with E-state index in [2.05, 4.69) is 5.32 Å². The Kier molecular flexibility index (Phi) is 7.23. The largest absolute Gasteiger partial charge is 0.353 e. The first-order chi connectivity index (χ1) is 14.0. The van der Waals surface area contributed by atoms with Crippen LogP contribution < -0.4 is 5.32 Å². The number of hydrogen-bond donors (Lipinski definition) is 1. The van der Waals surface area contributed by atoms with Crippen LogP contribution in [0.5, 0.6) is 0 Å². The quantitative estimate of drug-likeness (QED) is 0.753. The van der Waals surface area contributed by atoms with E-state index in [9.17, 15) is 14.0 Å². The Morgan fingerprint density at radius 1 is 1.24 bits per heavy atom. The van der Waals surface area contributed by atoms with E-state index in [1.165, 1.54) is 6.07 Å². The predicted molar refractivity (Wildman–Crippen MR) is 111 cm³/mol. The number of benzene rings is 2. The van der Waals surface area contributed by atoms with Gasteiger partial charge in [0.25, 0.3) is 0 Å². The fourth-order valence-electron chi connectivity index (χ4n) is 3.45. The molecule has 1 heterocycles. The van der Waals surface area contributed by atoms with Crippen molar-refractivity contribution in [2.45, 2.75) is 25.4 Å². The lowest BCUT2D eigenvalue weighted by Gasteiger charge is -2.35. The molecule has 0 radical (unpaired) electrons. The van der Waals surface area contributed by atoms with E-state index in [-0.39, 0.29) is 24.8 Å². The first-order valence-corrected chi connectivity index (χ1v) is 10.1. The van der Waals surface area contributed by atoms with Gasteiger partial charge in [0.1, 0.15) is 5.82 Å². The minimum absolute atomic E-state index is 0.0448. The Morgan fingerprint density at radius 2 is 2.00 bits per heavy atom. The van der Waals surface area contributed by atoms with Crippen LogP contribution in [0.4, 0.5) is 4.39 Å². The van der Waals surface area contributed by atoms with E-state index in [0.29, 0.717) is 30.2 Å². The van der Waals surface area contributed by atoms with Crippen LogP contribution >= 0.6 is 11.6 Å². The first kappa shape index (κ1) is 21.3. The van der Waals surface area contributed by atoms with Crippen molar-refractivity contribution >= 4 is 23.4 Å². The van der Waals surface area contributed by atoms with E-state index in [1.807, 2.05) is 35.2 Å². The maximum absolute atomic E-state index is 14.2. The molecule has 0 bridgehead atoms. The van der Waals surface area contributed by atoms with Gasteiger partial charge in [-0.15, -0.1) is 0 Å². The van der Waals surface area contributed by atoms with Crippen molar-refractivity contribution in [3.8, 4) is 0 Å². The second-order valence-electron chi connectivity index (χ2n) is 7.23. The monoisotopic (exact) mass is 417 g/mol. The molecule has 0 aliphatic carbocycles. The molecular weight excluding hydrogens is 393 g/mol. The second kappa shape index (κ2) is 9.85. The minimum atomic E-state index is -0.647. The molecule has 5 nitrogen and oxygen atoms in total. The molecule has 1 unspecified atom stereocenters. The van der Waals surface area contributed by atoms with Gasteiger partial charge >= 0.3 is 0 Å². The third-order valence-electron chi connectivity index (χ3n) is 5.24. The lowest BCUT2D eigenvalue weighted by molar-refractivity contribution is -0.138. The number of carbonyl (C=O) groups is 2. The van der Waals surface area contributed by atoms with Crippen molar-refractivity contribution in [1.82, 2.24) is 15.1 Å². The highest BCUT2D eigenvalue weighted by atomic mass is 35.5. The van der Waals surface area contributed by atoms with E-state index in [1.54, 1.807) is 24.1 Å². The van der Waals surface area contributed by atoms with Gasteiger partial charge < -0.3 is 10.2 Å². The zero-order valence-corrected chi connectivity index (χ0v) is 17.2. The number of amides is 2. The maximum Gasteiger partial charge on any atom is 0.237 e. The number of piperazine rings is 1. The minimum Gasteiger partial charge on any atom is -0.353 e. The third kappa shape index (κ3) is 5.55. The van der Waals surface area contributed by atoms with Crippen LogP contribution in [0, 0.1) is 5.82 Å². The lowest BCUT2D eigenvalue weighted by Crippen LogP contribution is -2.56. The van der Waals surface area contributed by atoms with Crippen molar-refractivity contribution in [2.24, 2.45) is 0 Å². The van der Waals surface area contributed by atoms with Crippen LogP contribution in [-0.2, 0) is 22.6 Å². The van der Waals surface area contributed by atoms with Crippen LogP contribution in [0.1, 0.15) is 17.5 Å². The molecule has 154 valence electrons. The Bertz CT molecular complexity index is 842. The second-order valence-corrected chi connectivity index (χ2v) is 7.64. The summed E-state index contributed by atoms with van der Waals surface area (Å²) in [6, 6.07) is 13.8. The van der Waals surface area contributed by atoms with E-state index < -0.39 is 11.9 Å². The van der Waals surface area contributed by atoms with Gasteiger partial charge in [-0.3, -0.25) is 14.5 Å². The molecule has 1 N–H and O–H groups in total. The van der Waals surface area contributed by atoms with Crippen molar-refractivity contribution in [3.05, 3.63) is 70.5 Å². The van der Waals surface area contributed by atoms with Crippen LogP contribution in [0.2, 0.25) is 5.02 Å². The van der Waals surface area contributed by atoms with E-state index in [4.69, 9.17) is 11.6 Å². The van der Waals surface area contributed by atoms with Crippen LogP contribution in [0.3, 0.4) is 0 Å². The van der Waals surface area contributed by atoms with Gasteiger partial charge in [0.05, 0.1) is 12.5 Å². The number of nitrogens with zero attached hydrogens (tertiary/aromatic N) is 2. The average molecular weight is 418 g/mol. The summed E-state index contributed by atoms with van der Waals surface area (Å²) < 4.78 is 14.2. The van der Waals surface area contributed by atoms with Gasteiger partial charge in [0.2, 0.25) is 11.8 Å². The summed E-state index contributed by atoms with van der Waals surface area (Å²) in [7, 11) is 1.74. The molecule has 2 amide bonds. The molecule has 1 atom stereocenters. The zero-order valence-electron chi connectivity index (χ0n) is 16.4. The van der Waals surface area contributed by atoms with Gasteiger partial charge in [-0.25, -0.2) is 4.39 Å². The Labute approximate surface area is 175 Å². The fraction of sp³-hybridized carbons (Fsp3) is 0.364. The fourth-order valence-corrected chi connectivity index (χ4v) is 3.67. The Hall–Kier alpha value is -2.44. The van der Waals surface area contributed by atoms with Crippen LogP contribution in [0.15, 0.2) is 48.5 Å². The molecule has 29 heavy (non-hydrogen) atoms. The molecule has 7 heteroatoms. The number of likely N-dealkylation sites (N-methyl/N-ethyl adjacent to an activating group) is 1. The molecule has 1 saturated heterocycles. The van der Waals surface area contributed by atoms with Crippen molar-refractivity contribution in [1.29, 1.82) is 0 Å². The lowest BCUT2D eigenvalue weighted by atomic mass is 10.1. The normalized spacial score (nSPS) is 17.1. The summed E-state index contributed by atoms with van der Waals surface area (Å²) in [5.74, 6) is -0.741. The Morgan fingerprint density at radius 3 is 2.72 bits per heavy atom. The highest BCUT2D eigenvalue weighted by Crippen LogP contribution is 2.23. The predicted octanol–water partition coefficient (Wildman–Crippen LogP) is 2.87. The smallest absolute Gasteiger partial charge is 0.237 e. The molecule has 2 aromatic rings. The van der Waals surface area contributed by atoms with Gasteiger partial charge in [-0.1, -0.05) is 48.0 Å². The highest BCUT2D eigenvalue weighted by Gasteiger charge is 2.33. The molecule has 1 aliphatic heterocycles. The SMILES string of the molecule is CN(CCc1ccccc1)C(=O)CC1C(=O)NCCN1Cc1c(F)cccc1Cl. The average Bonchev–Trinajstić information content (AvgIpc) is 2.72. The molecule has 1 aliphatic rings. The van der Waals surface area contributed by atoms with Crippen molar-refractivity contribution in [3.63, 3.8) is 0 Å². The molecule has 1 fully saturated rings. The summed E-state index contributed by atoms with van der Waals surface area (Å²) in [6.07, 6.45) is 0.789. The molecular formula is C22H25ClFN3O2. The first-order valence-electron chi connectivity index (χ1n) is 9.68. The third-order valence-corrected chi connectivity index (χ3v) is 5.59. The summed E-state index contributed by atoms with van der Waals surface area (Å²) in [5.41, 5.74) is 1.50. The zero-order chi connectivity index (χ0) is 20.8. The van der Waals surface area contributed by atoms with Gasteiger partial charge in [-0.2, -0.15) is 0 Å². The summed E-state index contributed by atoms with van der Waals surface area (Å²) in [5, 5.41) is 3.12. The Balaban J connectivity index is 1.64. The van der Waals surface area contributed by atoms with E-state index >= 15 is 0 Å². The van der Waals surface area contributed by atoms with Crippen molar-refractivity contribution < 1.29 is 14.0 Å². The van der Waals surface area contributed by atoms with Crippen LogP contribution in [-0.4, -0.2) is 54.3 Å². The van der Waals surface area contributed by atoms with Gasteiger partial charge in [-0.05, 0) is 24.1 Å². The number of hydrogen-bond acceptors (Lipinski definition) is 3.